The minimum atomic E-state index is -1.94. The van der Waals surface area contributed by atoms with Crippen LogP contribution in [0.3, 0.4) is 0 Å². The molecule has 174 valence electrons. The molecule has 1 rings (SSSR count). The summed E-state index contributed by atoms with van der Waals surface area (Å²) in [6.07, 6.45) is 17.2. The SMILES string of the molecule is CCCCCCCCCCCC(CCCC[Si](C)(OC)OC)C(N)c1ccccc1. The van der Waals surface area contributed by atoms with Crippen molar-refractivity contribution in [2.45, 2.75) is 109 Å². The average molecular weight is 436 g/mol. The Bertz CT molecular complexity index is 507. The summed E-state index contributed by atoms with van der Waals surface area (Å²) in [4.78, 5) is 0. The van der Waals surface area contributed by atoms with Crippen LogP contribution >= 0.6 is 0 Å². The Kier molecular flexibility index (Phi) is 15.4. The maximum Gasteiger partial charge on any atom is 0.334 e. The third-order valence-corrected chi connectivity index (χ3v) is 9.68. The van der Waals surface area contributed by atoms with Crippen molar-refractivity contribution >= 4 is 8.56 Å². The van der Waals surface area contributed by atoms with Gasteiger partial charge in [-0.15, -0.1) is 0 Å². The molecule has 0 amide bonds. The number of benzene rings is 1. The molecule has 1 aromatic rings. The van der Waals surface area contributed by atoms with Crippen LogP contribution in [0.15, 0.2) is 30.3 Å². The molecule has 1 aromatic carbocycles. The zero-order chi connectivity index (χ0) is 22.1. The molecule has 0 aliphatic carbocycles. The van der Waals surface area contributed by atoms with Crippen LogP contribution < -0.4 is 5.73 Å². The number of rotatable bonds is 19. The van der Waals surface area contributed by atoms with E-state index >= 15 is 0 Å². The van der Waals surface area contributed by atoms with Gasteiger partial charge in [0.15, 0.2) is 0 Å². The lowest BCUT2D eigenvalue weighted by Gasteiger charge is -2.26. The summed E-state index contributed by atoms with van der Waals surface area (Å²) in [5.41, 5.74) is 8.01. The molecule has 0 heterocycles. The minimum absolute atomic E-state index is 0.147. The van der Waals surface area contributed by atoms with Crippen LogP contribution in [0.2, 0.25) is 12.6 Å². The molecule has 4 heteroatoms. The van der Waals surface area contributed by atoms with E-state index in [9.17, 15) is 0 Å². The second-order valence-electron chi connectivity index (χ2n) is 9.10. The summed E-state index contributed by atoms with van der Waals surface area (Å²) >= 11 is 0. The number of nitrogens with two attached hydrogens (primary N) is 1. The zero-order valence-corrected chi connectivity index (χ0v) is 21.3. The lowest BCUT2D eigenvalue weighted by Crippen LogP contribution is -2.35. The van der Waals surface area contributed by atoms with Gasteiger partial charge in [0.05, 0.1) is 0 Å². The van der Waals surface area contributed by atoms with Crippen molar-refractivity contribution < 1.29 is 8.85 Å². The molecule has 0 radical (unpaired) electrons. The van der Waals surface area contributed by atoms with Crippen molar-refractivity contribution in [3.8, 4) is 0 Å². The largest absolute Gasteiger partial charge is 0.398 e. The van der Waals surface area contributed by atoms with E-state index in [2.05, 4.69) is 43.8 Å². The summed E-state index contributed by atoms with van der Waals surface area (Å²) in [6, 6.07) is 11.9. The fraction of sp³-hybridized carbons (Fsp3) is 0.769. The quantitative estimate of drug-likeness (QED) is 0.178. The van der Waals surface area contributed by atoms with Gasteiger partial charge in [0.25, 0.3) is 0 Å². The lowest BCUT2D eigenvalue weighted by atomic mass is 9.85. The van der Waals surface area contributed by atoms with E-state index in [0.717, 1.165) is 6.04 Å². The van der Waals surface area contributed by atoms with Crippen molar-refractivity contribution in [2.24, 2.45) is 11.7 Å². The molecule has 0 aliphatic rings. The van der Waals surface area contributed by atoms with Gasteiger partial charge in [-0.1, -0.05) is 108 Å². The van der Waals surface area contributed by atoms with Gasteiger partial charge in [-0.3, -0.25) is 0 Å². The van der Waals surface area contributed by atoms with E-state index in [0.29, 0.717) is 5.92 Å². The standard InChI is InChI=1S/C26H49NO2Si/c1-5-6-7-8-9-10-11-12-14-19-25(26(27)24-20-15-13-16-21-24)22-17-18-23-30(4,28-2)29-3/h13,15-16,20-21,25-26H,5-12,14,17-19,22-23,27H2,1-4H3. The molecule has 0 bridgehead atoms. The molecule has 0 saturated heterocycles. The first-order valence-corrected chi connectivity index (χ1v) is 15.0. The number of hydrogen-bond acceptors (Lipinski definition) is 3. The van der Waals surface area contributed by atoms with Gasteiger partial charge in [0.2, 0.25) is 0 Å². The van der Waals surface area contributed by atoms with Crippen LogP contribution in [0.1, 0.15) is 102 Å². The van der Waals surface area contributed by atoms with Gasteiger partial charge in [0.1, 0.15) is 0 Å². The average Bonchev–Trinajstić information content (AvgIpc) is 2.79. The highest BCUT2D eigenvalue weighted by Gasteiger charge is 2.28. The highest BCUT2D eigenvalue weighted by atomic mass is 28.4. The fourth-order valence-electron chi connectivity index (χ4n) is 4.31. The highest BCUT2D eigenvalue weighted by Crippen LogP contribution is 2.30. The van der Waals surface area contributed by atoms with Crippen molar-refractivity contribution in [1.29, 1.82) is 0 Å². The summed E-state index contributed by atoms with van der Waals surface area (Å²) in [7, 11) is 1.63. The van der Waals surface area contributed by atoms with E-state index in [1.54, 1.807) is 14.2 Å². The monoisotopic (exact) mass is 435 g/mol. The molecule has 30 heavy (non-hydrogen) atoms. The van der Waals surface area contributed by atoms with Crippen molar-refractivity contribution in [2.75, 3.05) is 14.2 Å². The second kappa shape index (κ2) is 16.9. The Morgan fingerprint density at radius 1 is 0.767 bits per heavy atom. The third kappa shape index (κ3) is 11.6. The van der Waals surface area contributed by atoms with Gasteiger partial charge in [-0.25, -0.2) is 0 Å². The molecule has 0 saturated carbocycles. The molecular weight excluding hydrogens is 386 g/mol. The molecule has 0 aromatic heterocycles. The molecule has 0 spiro atoms. The first-order chi connectivity index (χ1) is 14.6. The van der Waals surface area contributed by atoms with Crippen LogP contribution in [-0.2, 0) is 8.85 Å². The topological polar surface area (TPSA) is 44.5 Å². The maximum atomic E-state index is 6.73. The maximum absolute atomic E-state index is 6.73. The predicted octanol–water partition coefficient (Wildman–Crippen LogP) is 7.76. The van der Waals surface area contributed by atoms with E-state index in [4.69, 9.17) is 14.6 Å². The second-order valence-corrected chi connectivity index (χ2v) is 12.7. The van der Waals surface area contributed by atoms with Gasteiger partial charge in [-0.2, -0.15) is 0 Å². The summed E-state index contributed by atoms with van der Waals surface area (Å²) in [5, 5.41) is 0. The molecule has 2 atom stereocenters. The van der Waals surface area contributed by atoms with Crippen LogP contribution in [0.4, 0.5) is 0 Å². The van der Waals surface area contributed by atoms with E-state index in [-0.39, 0.29) is 6.04 Å². The first-order valence-electron chi connectivity index (χ1n) is 12.5. The van der Waals surface area contributed by atoms with Gasteiger partial charge < -0.3 is 14.6 Å². The Hall–Kier alpha value is -0.683. The number of hydrogen-bond donors (Lipinski definition) is 1. The van der Waals surface area contributed by atoms with Crippen molar-refractivity contribution in [3.05, 3.63) is 35.9 Å². The van der Waals surface area contributed by atoms with Gasteiger partial charge in [-0.05, 0) is 36.9 Å². The molecule has 2 unspecified atom stereocenters. The zero-order valence-electron chi connectivity index (χ0n) is 20.3. The molecule has 3 nitrogen and oxygen atoms in total. The Labute approximate surface area is 188 Å². The van der Waals surface area contributed by atoms with Gasteiger partial charge >= 0.3 is 8.56 Å². The number of unbranched alkanes of at least 4 members (excludes halogenated alkanes) is 9. The van der Waals surface area contributed by atoms with E-state index < -0.39 is 8.56 Å². The fourth-order valence-corrected chi connectivity index (χ4v) is 5.78. The molecule has 0 aliphatic heterocycles. The first kappa shape index (κ1) is 27.4. The van der Waals surface area contributed by atoms with Crippen LogP contribution in [0.5, 0.6) is 0 Å². The van der Waals surface area contributed by atoms with Crippen LogP contribution in [0, 0.1) is 5.92 Å². The summed E-state index contributed by atoms with van der Waals surface area (Å²) in [5.74, 6) is 0.565. The lowest BCUT2D eigenvalue weighted by molar-refractivity contribution is 0.247. The predicted molar refractivity (Wildman–Crippen MR) is 133 cm³/mol. The third-order valence-electron chi connectivity index (χ3n) is 6.69. The normalized spacial score (nSPS) is 14.0. The molecule has 0 fully saturated rings. The Morgan fingerprint density at radius 2 is 1.27 bits per heavy atom. The Balaban J connectivity index is 2.40. The van der Waals surface area contributed by atoms with Crippen LogP contribution in [0.25, 0.3) is 0 Å². The smallest absolute Gasteiger partial charge is 0.334 e. The minimum Gasteiger partial charge on any atom is -0.398 e. The summed E-state index contributed by atoms with van der Waals surface area (Å²) < 4.78 is 11.3. The van der Waals surface area contributed by atoms with Crippen LogP contribution in [-0.4, -0.2) is 22.8 Å². The molecular formula is C26H49NO2Si. The van der Waals surface area contributed by atoms with E-state index in [1.807, 2.05) is 0 Å². The van der Waals surface area contributed by atoms with Crippen molar-refractivity contribution in [1.82, 2.24) is 0 Å². The van der Waals surface area contributed by atoms with E-state index in [1.165, 1.54) is 89.0 Å². The highest BCUT2D eigenvalue weighted by molar-refractivity contribution is 6.65. The molecule has 2 N–H and O–H groups in total. The summed E-state index contributed by atoms with van der Waals surface area (Å²) in [6.45, 7) is 4.44. The Morgan fingerprint density at radius 3 is 1.80 bits per heavy atom. The van der Waals surface area contributed by atoms with Crippen molar-refractivity contribution in [3.63, 3.8) is 0 Å². The van der Waals surface area contributed by atoms with Gasteiger partial charge in [0, 0.05) is 20.3 Å².